The Morgan fingerprint density at radius 3 is 2.65 bits per heavy atom. The smallest absolute Gasteiger partial charge is 0.287 e. The van der Waals surface area contributed by atoms with Gasteiger partial charge in [0.2, 0.25) is 0 Å². The van der Waals surface area contributed by atoms with Gasteiger partial charge in [0.05, 0.1) is 0 Å². The summed E-state index contributed by atoms with van der Waals surface area (Å²) in [7, 11) is 0. The highest BCUT2D eigenvalue weighted by molar-refractivity contribution is 9.09. The molecule has 0 bridgehead atoms. The Morgan fingerprint density at radius 2 is 2.18 bits per heavy atom. The summed E-state index contributed by atoms with van der Waals surface area (Å²) in [6.07, 6.45) is 1.76. The Bertz CT molecular complexity index is 360. The molecule has 0 aromatic carbocycles. The number of alkyl halides is 1. The molecule has 0 fully saturated rings. The largest absolute Gasteiger partial charge is 0.456 e. The van der Waals surface area contributed by atoms with E-state index in [9.17, 15) is 4.79 Å². The summed E-state index contributed by atoms with van der Waals surface area (Å²) in [6, 6.07) is 3.73. The van der Waals surface area contributed by atoms with Crippen molar-refractivity contribution in [1.29, 1.82) is 0 Å². The lowest BCUT2D eigenvalue weighted by atomic mass is 10.1. The molecule has 17 heavy (non-hydrogen) atoms. The third-order valence-electron chi connectivity index (χ3n) is 2.51. The number of rotatable bonds is 6. The van der Waals surface area contributed by atoms with Crippen molar-refractivity contribution >= 4 is 21.8 Å². The van der Waals surface area contributed by atoms with Crippen LogP contribution in [0, 0.1) is 5.92 Å². The summed E-state index contributed by atoms with van der Waals surface area (Å²) < 4.78 is 5.42. The van der Waals surface area contributed by atoms with Crippen LogP contribution in [0.2, 0.25) is 0 Å². The zero-order valence-electron chi connectivity index (χ0n) is 10.6. The fourth-order valence-electron chi connectivity index (χ4n) is 1.68. The number of hydrogen-bond donors (Lipinski definition) is 1. The first-order chi connectivity index (χ1) is 8.06. The lowest BCUT2D eigenvalue weighted by Gasteiger charge is -2.17. The van der Waals surface area contributed by atoms with E-state index in [0.717, 1.165) is 23.9 Å². The number of aryl methyl sites for hydroxylation is 1. The van der Waals surface area contributed by atoms with Gasteiger partial charge >= 0.3 is 0 Å². The van der Waals surface area contributed by atoms with Crippen LogP contribution in [0.5, 0.6) is 0 Å². The molecule has 0 saturated carbocycles. The Balaban J connectivity index is 2.57. The molecule has 0 radical (unpaired) electrons. The van der Waals surface area contributed by atoms with Crippen LogP contribution in [-0.4, -0.2) is 17.3 Å². The van der Waals surface area contributed by atoms with Crippen molar-refractivity contribution in [3.63, 3.8) is 0 Å². The maximum absolute atomic E-state index is 11.9. The molecular formula is C13H20BrNO2. The zero-order valence-corrected chi connectivity index (χ0v) is 12.2. The predicted octanol–water partition coefficient (Wildman–Crippen LogP) is 3.38. The van der Waals surface area contributed by atoms with Crippen LogP contribution < -0.4 is 5.32 Å². The SMILES string of the molecule is CCc1ccc(C(=O)NC(CBr)CC(C)C)o1. The highest BCUT2D eigenvalue weighted by Gasteiger charge is 2.16. The minimum absolute atomic E-state index is 0.130. The van der Waals surface area contributed by atoms with Crippen molar-refractivity contribution in [1.82, 2.24) is 5.32 Å². The average molecular weight is 302 g/mol. The van der Waals surface area contributed by atoms with E-state index in [1.165, 1.54) is 0 Å². The molecule has 0 aliphatic carbocycles. The molecule has 1 aromatic heterocycles. The van der Waals surface area contributed by atoms with Gasteiger partial charge in [-0.15, -0.1) is 0 Å². The van der Waals surface area contributed by atoms with Crippen LogP contribution in [-0.2, 0) is 6.42 Å². The van der Waals surface area contributed by atoms with E-state index in [-0.39, 0.29) is 11.9 Å². The molecule has 0 spiro atoms. The summed E-state index contributed by atoms with van der Waals surface area (Å²) in [4.78, 5) is 11.9. The summed E-state index contributed by atoms with van der Waals surface area (Å²) in [5, 5.41) is 3.73. The van der Waals surface area contributed by atoms with E-state index in [1.54, 1.807) is 6.07 Å². The van der Waals surface area contributed by atoms with Gasteiger partial charge in [-0.1, -0.05) is 36.7 Å². The molecule has 1 atom stereocenters. The van der Waals surface area contributed by atoms with Crippen LogP contribution in [0.15, 0.2) is 16.5 Å². The first kappa shape index (κ1) is 14.3. The van der Waals surface area contributed by atoms with Gasteiger partial charge in [0.25, 0.3) is 5.91 Å². The van der Waals surface area contributed by atoms with Gasteiger partial charge in [-0.25, -0.2) is 0 Å². The minimum Gasteiger partial charge on any atom is -0.456 e. The fourth-order valence-corrected chi connectivity index (χ4v) is 2.10. The molecule has 0 aliphatic heterocycles. The van der Waals surface area contributed by atoms with E-state index in [4.69, 9.17) is 4.42 Å². The van der Waals surface area contributed by atoms with E-state index < -0.39 is 0 Å². The number of furan rings is 1. The van der Waals surface area contributed by atoms with E-state index >= 15 is 0 Å². The summed E-state index contributed by atoms with van der Waals surface area (Å²) in [5.41, 5.74) is 0. The predicted molar refractivity (Wildman–Crippen MR) is 72.6 cm³/mol. The lowest BCUT2D eigenvalue weighted by molar-refractivity contribution is 0.0907. The fraction of sp³-hybridized carbons (Fsp3) is 0.615. The quantitative estimate of drug-likeness (QED) is 0.819. The number of nitrogens with one attached hydrogen (secondary N) is 1. The minimum atomic E-state index is -0.130. The maximum Gasteiger partial charge on any atom is 0.287 e. The number of carbonyl (C=O) groups is 1. The molecule has 1 heterocycles. The second-order valence-electron chi connectivity index (χ2n) is 4.57. The highest BCUT2D eigenvalue weighted by atomic mass is 79.9. The van der Waals surface area contributed by atoms with E-state index in [1.807, 2.05) is 13.0 Å². The molecule has 1 aromatic rings. The van der Waals surface area contributed by atoms with Crippen molar-refractivity contribution in [2.75, 3.05) is 5.33 Å². The molecule has 3 nitrogen and oxygen atoms in total. The van der Waals surface area contributed by atoms with Crippen molar-refractivity contribution < 1.29 is 9.21 Å². The Hall–Kier alpha value is -0.770. The zero-order chi connectivity index (χ0) is 12.8. The third-order valence-corrected chi connectivity index (χ3v) is 3.29. The van der Waals surface area contributed by atoms with Crippen LogP contribution >= 0.6 is 15.9 Å². The molecular weight excluding hydrogens is 282 g/mol. The molecule has 1 rings (SSSR count). The van der Waals surface area contributed by atoms with E-state index in [0.29, 0.717) is 11.7 Å². The van der Waals surface area contributed by atoms with Crippen LogP contribution in [0.4, 0.5) is 0 Å². The number of hydrogen-bond acceptors (Lipinski definition) is 2. The van der Waals surface area contributed by atoms with Crippen LogP contribution in [0.3, 0.4) is 0 Å². The highest BCUT2D eigenvalue weighted by Crippen LogP contribution is 2.11. The Labute approximate surface area is 111 Å². The molecule has 1 unspecified atom stereocenters. The maximum atomic E-state index is 11.9. The van der Waals surface area contributed by atoms with Gasteiger partial charge in [0.1, 0.15) is 5.76 Å². The van der Waals surface area contributed by atoms with Gasteiger partial charge in [-0.05, 0) is 24.5 Å². The van der Waals surface area contributed by atoms with Gasteiger partial charge in [0.15, 0.2) is 5.76 Å². The second kappa shape index (κ2) is 6.84. The summed E-state index contributed by atoms with van der Waals surface area (Å²) in [6.45, 7) is 6.29. The molecule has 96 valence electrons. The molecule has 0 aliphatic rings. The number of halogens is 1. The van der Waals surface area contributed by atoms with Crippen molar-refractivity contribution in [2.45, 2.75) is 39.7 Å². The Morgan fingerprint density at radius 1 is 1.47 bits per heavy atom. The lowest BCUT2D eigenvalue weighted by Crippen LogP contribution is -2.36. The molecule has 0 saturated heterocycles. The first-order valence-electron chi connectivity index (χ1n) is 6.02. The summed E-state index contributed by atoms with van der Waals surface area (Å²) >= 11 is 3.42. The van der Waals surface area contributed by atoms with Crippen LogP contribution in [0.25, 0.3) is 0 Å². The first-order valence-corrected chi connectivity index (χ1v) is 7.14. The van der Waals surface area contributed by atoms with Crippen LogP contribution in [0.1, 0.15) is 43.5 Å². The monoisotopic (exact) mass is 301 g/mol. The second-order valence-corrected chi connectivity index (χ2v) is 5.22. The van der Waals surface area contributed by atoms with Gasteiger partial charge in [0, 0.05) is 17.8 Å². The molecule has 4 heteroatoms. The van der Waals surface area contributed by atoms with Crippen molar-refractivity contribution in [3.05, 3.63) is 23.7 Å². The Kier molecular flexibility index (Phi) is 5.75. The number of carbonyl (C=O) groups excluding carboxylic acids is 1. The van der Waals surface area contributed by atoms with Gasteiger partial charge < -0.3 is 9.73 Å². The molecule has 1 amide bonds. The normalized spacial score (nSPS) is 12.8. The van der Waals surface area contributed by atoms with Gasteiger partial charge in [-0.3, -0.25) is 4.79 Å². The molecule has 1 N–H and O–H groups in total. The summed E-state index contributed by atoms with van der Waals surface area (Å²) in [5.74, 6) is 1.67. The number of amides is 1. The standard InChI is InChI=1S/C13H20BrNO2/c1-4-11-5-6-12(17-11)13(16)15-10(8-14)7-9(2)3/h5-6,9-10H,4,7-8H2,1-3H3,(H,15,16). The van der Waals surface area contributed by atoms with Crippen molar-refractivity contribution in [2.24, 2.45) is 5.92 Å². The van der Waals surface area contributed by atoms with E-state index in [2.05, 4.69) is 35.1 Å². The van der Waals surface area contributed by atoms with Crippen molar-refractivity contribution in [3.8, 4) is 0 Å². The third kappa shape index (κ3) is 4.54. The van der Waals surface area contributed by atoms with Gasteiger partial charge in [-0.2, -0.15) is 0 Å². The topological polar surface area (TPSA) is 42.2 Å². The average Bonchev–Trinajstić information content (AvgIpc) is 2.75.